The third kappa shape index (κ3) is 7.78. The molecule has 244 valence electrons. The van der Waals surface area contributed by atoms with Crippen LogP contribution in [-0.4, -0.2) is 49.3 Å². The van der Waals surface area contributed by atoms with Gasteiger partial charge in [0.25, 0.3) is 0 Å². The number of halogens is 1. The van der Waals surface area contributed by atoms with Gasteiger partial charge in [-0.1, -0.05) is 72.3 Å². The van der Waals surface area contributed by atoms with E-state index >= 15 is 0 Å². The number of aryl methyl sites for hydroxylation is 1. The lowest BCUT2D eigenvalue weighted by Crippen LogP contribution is -2.43. The Kier molecular flexibility index (Phi) is 10.1. The van der Waals surface area contributed by atoms with Crippen LogP contribution in [0.25, 0.3) is 0 Å². The molecule has 1 N–H and O–H groups in total. The Morgan fingerprint density at radius 3 is 2.21 bits per heavy atom. The number of sulfonamides is 1. The highest BCUT2D eigenvalue weighted by atomic mass is 35.5. The lowest BCUT2D eigenvalue weighted by Gasteiger charge is -2.32. The van der Waals surface area contributed by atoms with Crippen molar-refractivity contribution in [2.45, 2.75) is 49.7 Å². The van der Waals surface area contributed by atoms with Gasteiger partial charge < -0.3 is 19.7 Å². The summed E-state index contributed by atoms with van der Waals surface area (Å²) in [6.07, 6.45) is 2.23. The normalized spacial score (nSPS) is 14.9. The quantitative estimate of drug-likeness (QED) is 0.202. The van der Waals surface area contributed by atoms with E-state index in [0.717, 1.165) is 29.5 Å². The molecule has 0 saturated carbocycles. The number of hydrogen-bond donors (Lipinski definition) is 1. The van der Waals surface area contributed by atoms with Gasteiger partial charge in [-0.25, -0.2) is 8.42 Å². The molecule has 6 rings (SSSR count). The number of rotatable bonds is 12. The molecule has 0 aromatic heterocycles. The molecule has 2 heterocycles. The number of hydrogen-bond acceptors (Lipinski definition) is 6. The van der Waals surface area contributed by atoms with Crippen LogP contribution in [0.1, 0.15) is 47.6 Å². The molecule has 1 saturated heterocycles. The van der Waals surface area contributed by atoms with Gasteiger partial charge in [-0.2, -0.15) is 4.31 Å². The van der Waals surface area contributed by atoms with Crippen molar-refractivity contribution >= 4 is 33.4 Å². The molecule has 47 heavy (non-hydrogen) atoms. The fourth-order valence-electron chi connectivity index (χ4n) is 5.86. The number of amides is 2. The van der Waals surface area contributed by atoms with Crippen LogP contribution < -0.4 is 14.8 Å². The maximum absolute atomic E-state index is 14.1. The van der Waals surface area contributed by atoms with Gasteiger partial charge in [0.2, 0.25) is 28.6 Å². The number of ether oxygens (including phenoxy) is 2. The predicted octanol–water partition coefficient (Wildman–Crippen LogP) is 5.87. The topological polar surface area (TPSA) is 105 Å². The summed E-state index contributed by atoms with van der Waals surface area (Å²) in [6, 6.07) is 27.7. The molecular weight excluding hydrogens is 638 g/mol. The summed E-state index contributed by atoms with van der Waals surface area (Å²) in [5.41, 5.74) is 3.16. The van der Waals surface area contributed by atoms with E-state index in [-0.39, 0.29) is 43.0 Å². The second-order valence-corrected chi connectivity index (χ2v) is 14.0. The van der Waals surface area contributed by atoms with E-state index in [0.29, 0.717) is 41.6 Å². The van der Waals surface area contributed by atoms with Crippen molar-refractivity contribution in [1.82, 2.24) is 14.5 Å². The number of carbonyl (C=O) groups excluding carboxylic acids is 2. The molecule has 0 radical (unpaired) electrons. The first-order valence-corrected chi connectivity index (χ1v) is 17.4. The smallest absolute Gasteiger partial charge is 0.247 e. The largest absolute Gasteiger partial charge is 0.454 e. The minimum atomic E-state index is -3.53. The average molecular weight is 674 g/mol. The number of nitrogens with one attached hydrogen (secondary N) is 1. The van der Waals surface area contributed by atoms with Crippen LogP contribution >= 0.6 is 11.6 Å². The van der Waals surface area contributed by atoms with Gasteiger partial charge in [0, 0.05) is 37.6 Å². The van der Waals surface area contributed by atoms with Crippen molar-refractivity contribution in [3.05, 3.63) is 124 Å². The highest BCUT2D eigenvalue weighted by Crippen LogP contribution is 2.33. The second kappa shape index (κ2) is 14.6. The van der Waals surface area contributed by atoms with Crippen molar-refractivity contribution in [3.8, 4) is 11.5 Å². The Hall–Kier alpha value is -4.38. The minimum absolute atomic E-state index is 0.116. The van der Waals surface area contributed by atoms with Gasteiger partial charge in [-0.15, -0.1) is 0 Å². The summed E-state index contributed by atoms with van der Waals surface area (Å²) < 4.78 is 38.3. The molecule has 1 fully saturated rings. The Balaban J connectivity index is 1.22. The molecule has 11 heteroatoms. The number of nitrogens with zero attached hydrogens (tertiary/aromatic N) is 2. The average Bonchev–Trinajstić information content (AvgIpc) is 3.81. The zero-order valence-corrected chi connectivity index (χ0v) is 27.4. The van der Waals surface area contributed by atoms with Crippen LogP contribution in [0.2, 0.25) is 5.02 Å². The number of fused-ring (bicyclic) bond motifs is 1. The molecule has 0 spiro atoms. The van der Waals surface area contributed by atoms with Gasteiger partial charge >= 0.3 is 0 Å². The fraction of sp³-hybridized carbons (Fsp3) is 0.278. The highest BCUT2D eigenvalue weighted by molar-refractivity contribution is 7.89. The van der Waals surface area contributed by atoms with Crippen LogP contribution in [0.5, 0.6) is 11.5 Å². The summed E-state index contributed by atoms with van der Waals surface area (Å²) in [4.78, 5) is 30.0. The molecule has 4 aromatic rings. The summed E-state index contributed by atoms with van der Waals surface area (Å²) in [5.74, 6) is 0.732. The van der Waals surface area contributed by atoms with E-state index in [2.05, 4.69) is 5.32 Å². The van der Waals surface area contributed by atoms with E-state index < -0.39 is 16.1 Å². The van der Waals surface area contributed by atoms with E-state index in [1.54, 1.807) is 41.3 Å². The minimum Gasteiger partial charge on any atom is -0.454 e. The summed E-state index contributed by atoms with van der Waals surface area (Å²) in [5, 5.41) is 3.60. The van der Waals surface area contributed by atoms with Crippen molar-refractivity contribution < 1.29 is 27.5 Å². The van der Waals surface area contributed by atoms with Crippen LogP contribution in [0.3, 0.4) is 0 Å². The van der Waals surface area contributed by atoms with Crippen molar-refractivity contribution in [2.24, 2.45) is 0 Å². The van der Waals surface area contributed by atoms with Gasteiger partial charge in [-0.05, 0) is 77.9 Å². The number of benzene rings is 4. The molecule has 0 bridgehead atoms. The van der Waals surface area contributed by atoms with Gasteiger partial charge in [-0.3, -0.25) is 9.59 Å². The lowest BCUT2D eigenvalue weighted by molar-refractivity contribution is -0.141. The van der Waals surface area contributed by atoms with Crippen LogP contribution in [0, 0.1) is 0 Å². The molecule has 0 unspecified atom stereocenters. The summed E-state index contributed by atoms with van der Waals surface area (Å²) >= 11 is 6.15. The first kappa shape index (κ1) is 32.6. The standard InChI is InChI=1S/C36H36ClN3O6S/c37-30-14-8-27(9-15-30)24-40(34(41)19-13-26-10-16-31(17-11-26)47(43,44)39-20-4-5-21-39)35(29-6-2-1-3-7-29)36(42)38-23-28-12-18-32-33(22-28)46-25-45-32/h1-3,6-12,14-18,22,35H,4-5,13,19-21,23-25H2,(H,38,42)/t35-/m1/s1. The van der Waals surface area contributed by atoms with E-state index in [9.17, 15) is 18.0 Å². The monoisotopic (exact) mass is 673 g/mol. The molecule has 2 aliphatic heterocycles. The van der Waals surface area contributed by atoms with Crippen molar-refractivity contribution in [1.29, 1.82) is 0 Å². The molecule has 9 nitrogen and oxygen atoms in total. The van der Waals surface area contributed by atoms with Gasteiger partial charge in [0.1, 0.15) is 6.04 Å². The first-order valence-electron chi connectivity index (χ1n) is 15.6. The second-order valence-electron chi connectivity index (χ2n) is 11.6. The Morgan fingerprint density at radius 2 is 1.49 bits per heavy atom. The molecular formula is C36H36ClN3O6S. The summed E-state index contributed by atoms with van der Waals surface area (Å²) in [7, 11) is -3.53. The van der Waals surface area contributed by atoms with Crippen molar-refractivity contribution in [2.75, 3.05) is 19.9 Å². The van der Waals surface area contributed by atoms with E-state index in [1.807, 2.05) is 60.7 Å². The molecule has 1 atom stereocenters. The Labute approximate surface area is 280 Å². The number of carbonyl (C=O) groups is 2. The van der Waals surface area contributed by atoms with Crippen LogP contribution in [0.15, 0.2) is 102 Å². The third-order valence-corrected chi connectivity index (χ3v) is 10.6. The highest BCUT2D eigenvalue weighted by Gasteiger charge is 2.32. The summed E-state index contributed by atoms with van der Waals surface area (Å²) in [6.45, 7) is 1.64. The fourth-order valence-corrected chi connectivity index (χ4v) is 7.50. The molecule has 2 amide bonds. The first-order chi connectivity index (χ1) is 22.8. The molecule has 2 aliphatic rings. The predicted molar refractivity (Wildman–Crippen MR) is 178 cm³/mol. The van der Waals surface area contributed by atoms with Gasteiger partial charge in [0.15, 0.2) is 11.5 Å². The van der Waals surface area contributed by atoms with Gasteiger partial charge in [0.05, 0.1) is 4.90 Å². The SMILES string of the molecule is O=C(NCc1ccc2c(c1)OCO2)[C@@H](c1ccccc1)N(Cc1ccc(Cl)cc1)C(=O)CCc1ccc(S(=O)(=O)N2CCCC2)cc1. The maximum atomic E-state index is 14.1. The molecule has 0 aliphatic carbocycles. The van der Waals surface area contributed by atoms with Crippen molar-refractivity contribution in [3.63, 3.8) is 0 Å². The molecule has 4 aromatic carbocycles. The van der Waals surface area contributed by atoms with E-state index in [1.165, 1.54) is 4.31 Å². The third-order valence-electron chi connectivity index (χ3n) is 8.42. The zero-order valence-electron chi connectivity index (χ0n) is 25.8. The van der Waals surface area contributed by atoms with Crippen LogP contribution in [0.4, 0.5) is 0 Å². The Bertz CT molecular complexity index is 1810. The zero-order chi connectivity index (χ0) is 32.8. The maximum Gasteiger partial charge on any atom is 0.247 e. The van der Waals surface area contributed by atoms with Crippen LogP contribution in [-0.2, 0) is 39.1 Å². The van der Waals surface area contributed by atoms with E-state index in [4.69, 9.17) is 21.1 Å². The lowest BCUT2D eigenvalue weighted by atomic mass is 10.0. The Morgan fingerprint density at radius 1 is 0.830 bits per heavy atom.